The molecule has 2 heterocycles. The second kappa shape index (κ2) is 10.8. The van der Waals surface area contributed by atoms with E-state index in [1.807, 2.05) is 0 Å². The smallest absolute Gasteiger partial charge is 0.267 e. The zero-order valence-electron chi connectivity index (χ0n) is 20.3. The van der Waals surface area contributed by atoms with Crippen LogP contribution in [-0.4, -0.2) is 50.3 Å². The van der Waals surface area contributed by atoms with Crippen molar-refractivity contribution in [2.24, 2.45) is 0 Å². The summed E-state index contributed by atoms with van der Waals surface area (Å²) in [6, 6.07) is 11.3. The fraction of sp³-hybridized carbons (Fsp3) is 0.462. The van der Waals surface area contributed by atoms with E-state index in [1.165, 1.54) is 28.6 Å². The summed E-state index contributed by atoms with van der Waals surface area (Å²) in [4.78, 5) is 27.5. The first kappa shape index (κ1) is 25.2. The summed E-state index contributed by atoms with van der Waals surface area (Å²) in [6.07, 6.45) is 5.19. The Balaban J connectivity index is 1.49. The zero-order chi connectivity index (χ0) is 25.0. The molecule has 4 rings (SSSR count). The van der Waals surface area contributed by atoms with E-state index < -0.39 is 16.1 Å². The summed E-state index contributed by atoms with van der Waals surface area (Å²) in [7, 11) is -3.55. The number of benzene rings is 2. The van der Waals surface area contributed by atoms with Crippen LogP contribution in [0.25, 0.3) is 0 Å². The highest BCUT2D eigenvalue weighted by molar-refractivity contribution is 7.89. The van der Waals surface area contributed by atoms with Gasteiger partial charge in [0.05, 0.1) is 10.6 Å². The standard InChI is InChI=1S/C26H33N3O5S/c1-3-4-6-17-29-23-18-21(11-14-24(23)34-19(2)26(29)31)27-25(30)20-9-12-22(13-10-20)35(32,33)28-15-7-5-8-16-28/h9-14,18-19H,3-8,15-17H2,1-2H3,(H,27,30). The number of rotatable bonds is 8. The van der Waals surface area contributed by atoms with E-state index in [4.69, 9.17) is 4.74 Å². The normalized spacial score (nSPS) is 18.6. The van der Waals surface area contributed by atoms with Crippen molar-refractivity contribution >= 4 is 33.2 Å². The number of amides is 2. The van der Waals surface area contributed by atoms with Crippen LogP contribution in [-0.2, 0) is 14.8 Å². The second-order valence-corrected chi connectivity index (χ2v) is 11.0. The van der Waals surface area contributed by atoms with Gasteiger partial charge < -0.3 is 15.0 Å². The number of hydrogen-bond donors (Lipinski definition) is 1. The Labute approximate surface area is 207 Å². The van der Waals surface area contributed by atoms with Gasteiger partial charge in [-0.1, -0.05) is 26.2 Å². The molecule has 0 aromatic heterocycles. The van der Waals surface area contributed by atoms with Gasteiger partial charge in [0, 0.05) is 30.9 Å². The summed E-state index contributed by atoms with van der Waals surface area (Å²) in [5, 5.41) is 2.85. The van der Waals surface area contributed by atoms with E-state index in [-0.39, 0.29) is 16.7 Å². The molecule has 2 aromatic rings. The van der Waals surface area contributed by atoms with Crippen molar-refractivity contribution in [3.63, 3.8) is 0 Å². The third kappa shape index (κ3) is 5.51. The van der Waals surface area contributed by atoms with Gasteiger partial charge in [0.1, 0.15) is 5.75 Å². The van der Waals surface area contributed by atoms with E-state index in [1.54, 1.807) is 30.0 Å². The Morgan fingerprint density at radius 1 is 1.06 bits per heavy atom. The van der Waals surface area contributed by atoms with E-state index in [0.29, 0.717) is 42.3 Å². The minimum absolute atomic E-state index is 0.0948. The number of fused-ring (bicyclic) bond motifs is 1. The van der Waals surface area contributed by atoms with Crippen LogP contribution in [0.3, 0.4) is 0 Å². The maximum absolute atomic E-state index is 12.9. The van der Waals surface area contributed by atoms with Gasteiger partial charge in [-0.2, -0.15) is 4.31 Å². The molecule has 35 heavy (non-hydrogen) atoms. The van der Waals surface area contributed by atoms with Crippen LogP contribution in [0, 0.1) is 0 Å². The molecule has 0 aliphatic carbocycles. The highest BCUT2D eigenvalue weighted by atomic mass is 32.2. The largest absolute Gasteiger partial charge is 0.479 e. The maximum atomic E-state index is 12.9. The van der Waals surface area contributed by atoms with Crippen molar-refractivity contribution < 1.29 is 22.7 Å². The number of anilines is 2. The summed E-state index contributed by atoms with van der Waals surface area (Å²) in [5.41, 5.74) is 1.52. The van der Waals surface area contributed by atoms with Crippen LogP contribution in [0.4, 0.5) is 11.4 Å². The summed E-state index contributed by atoms with van der Waals surface area (Å²) in [5.74, 6) is 0.155. The van der Waals surface area contributed by atoms with Gasteiger partial charge in [-0.05, 0) is 68.7 Å². The van der Waals surface area contributed by atoms with Crippen LogP contribution in [0.2, 0.25) is 0 Å². The molecule has 2 amide bonds. The summed E-state index contributed by atoms with van der Waals surface area (Å²) in [6.45, 7) is 5.51. The van der Waals surface area contributed by atoms with Crippen molar-refractivity contribution in [1.29, 1.82) is 0 Å². The van der Waals surface area contributed by atoms with Crippen molar-refractivity contribution in [3.8, 4) is 5.75 Å². The highest BCUT2D eigenvalue weighted by Crippen LogP contribution is 2.36. The Morgan fingerprint density at radius 2 is 1.77 bits per heavy atom. The molecule has 9 heteroatoms. The van der Waals surface area contributed by atoms with Gasteiger partial charge in [0.15, 0.2) is 6.10 Å². The molecule has 0 radical (unpaired) electrons. The molecular formula is C26H33N3O5S. The molecule has 188 valence electrons. The number of unbranched alkanes of at least 4 members (excludes halogenated alkanes) is 2. The van der Waals surface area contributed by atoms with Crippen molar-refractivity contribution in [2.75, 3.05) is 29.9 Å². The molecule has 2 aliphatic heterocycles. The van der Waals surface area contributed by atoms with E-state index >= 15 is 0 Å². The average molecular weight is 500 g/mol. The van der Waals surface area contributed by atoms with Crippen molar-refractivity contribution in [3.05, 3.63) is 48.0 Å². The quantitative estimate of drug-likeness (QED) is 0.543. The lowest BCUT2D eigenvalue weighted by Gasteiger charge is -2.33. The molecule has 1 fully saturated rings. The van der Waals surface area contributed by atoms with Crippen LogP contribution in [0.15, 0.2) is 47.4 Å². The molecule has 0 saturated carbocycles. The van der Waals surface area contributed by atoms with Gasteiger partial charge in [-0.15, -0.1) is 0 Å². The topological polar surface area (TPSA) is 96.0 Å². The average Bonchev–Trinajstić information content (AvgIpc) is 2.87. The van der Waals surface area contributed by atoms with Gasteiger partial charge in [0.25, 0.3) is 11.8 Å². The minimum atomic E-state index is -3.55. The first-order valence-electron chi connectivity index (χ1n) is 12.3. The van der Waals surface area contributed by atoms with Gasteiger partial charge >= 0.3 is 0 Å². The number of carbonyl (C=O) groups is 2. The predicted octanol–water partition coefficient (Wildman–Crippen LogP) is 4.42. The fourth-order valence-corrected chi connectivity index (χ4v) is 5.99. The number of carbonyl (C=O) groups excluding carboxylic acids is 2. The number of piperidine rings is 1. The van der Waals surface area contributed by atoms with Crippen molar-refractivity contribution in [2.45, 2.75) is 63.4 Å². The Kier molecular flexibility index (Phi) is 7.76. The first-order valence-corrected chi connectivity index (χ1v) is 13.8. The number of nitrogens with zero attached hydrogens (tertiary/aromatic N) is 2. The van der Waals surface area contributed by atoms with E-state index in [9.17, 15) is 18.0 Å². The van der Waals surface area contributed by atoms with Crippen LogP contribution in [0.1, 0.15) is 62.7 Å². The molecule has 0 bridgehead atoms. The van der Waals surface area contributed by atoms with Crippen LogP contribution >= 0.6 is 0 Å². The third-order valence-corrected chi connectivity index (χ3v) is 8.39. The number of nitrogens with one attached hydrogen (secondary N) is 1. The lowest BCUT2D eigenvalue weighted by molar-refractivity contribution is -0.125. The predicted molar refractivity (Wildman–Crippen MR) is 135 cm³/mol. The number of ether oxygens (including phenoxy) is 1. The molecule has 2 aliphatic rings. The molecule has 1 saturated heterocycles. The molecule has 1 atom stereocenters. The molecule has 2 aromatic carbocycles. The van der Waals surface area contributed by atoms with E-state index in [0.717, 1.165) is 38.5 Å². The first-order chi connectivity index (χ1) is 16.8. The molecule has 1 unspecified atom stereocenters. The monoisotopic (exact) mass is 499 g/mol. The van der Waals surface area contributed by atoms with Crippen molar-refractivity contribution in [1.82, 2.24) is 4.31 Å². The lowest BCUT2D eigenvalue weighted by Crippen LogP contribution is -2.44. The highest BCUT2D eigenvalue weighted by Gasteiger charge is 2.31. The lowest BCUT2D eigenvalue weighted by atomic mass is 10.1. The van der Waals surface area contributed by atoms with Gasteiger partial charge in [-0.25, -0.2) is 8.42 Å². The van der Waals surface area contributed by atoms with Gasteiger partial charge in [0.2, 0.25) is 10.0 Å². The Hall–Kier alpha value is -2.91. The maximum Gasteiger partial charge on any atom is 0.267 e. The number of sulfonamides is 1. The zero-order valence-corrected chi connectivity index (χ0v) is 21.1. The minimum Gasteiger partial charge on any atom is -0.479 e. The Morgan fingerprint density at radius 3 is 2.46 bits per heavy atom. The number of hydrogen-bond acceptors (Lipinski definition) is 5. The SMILES string of the molecule is CCCCCN1C(=O)C(C)Oc2ccc(NC(=O)c3ccc(S(=O)(=O)N4CCCCC4)cc3)cc21. The second-order valence-electron chi connectivity index (χ2n) is 9.08. The van der Waals surface area contributed by atoms with E-state index in [2.05, 4.69) is 12.2 Å². The summed E-state index contributed by atoms with van der Waals surface area (Å²) >= 11 is 0. The molecular weight excluding hydrogens is 466 g/mol. The van der Waals surface area contributed by atoms with Crippen LogP contribution < -0.4 is 15.0 Å². The fourth-order valence-electron chi connectivity index (χ4n) is 4.47. The van der Waals surface area contributed by atoms with Gasteiger partial charge in [-0.3, -0.25) is 9.59 Å². The molecule has 0 spiro atoms. The summed E-state index contributed by atoms with van der Waals surface area (Å²) < 4.78 is 33.0. The molecule has 1 N–H and O–H groups in total. The van der Waals surface area contributed by atoms with Crippen LogP contribution in [0.5, 0.6) is 5.75 Å². The Bertz CT molecular complexity index is 1170. The third-order valence-electron chi connectivity index (χ3n) is 6.48. The molecule has 8 nitrogen and oxygen atoms in total.